The zero-order chi connectivity index (χ0) is 9.98. The van der Waals surface area contributed by atoms with Crippen molar-refractivity contribution in [2.45, 2.75) is 0 Å². The van der Waals surface area contributed by atoms with Crippen LogP contribution in [0.1, 0.15) is 0 Å². The predicted octanol–water partition coefficient (Wildman–Crippen LogP) is 0.248. The van der Waals surface area contributed by atoms with Gasteiger partial charge in [-0.05, 0) is 38.4 Å². The van der Waals surface area contributed by atoms with E-state index >= 15 is 0 Å². The maximum absolute atomic E-state index is 8.65. The molecule has 0 heterocycles. The number of nitrogens with two attached hydrogens (primary N) is 2. The second kappa shape index (κ2) is 9.74. The molecule has 70 valence electrons. The summed E-state index contributed by atoms with van der Waals surface area (Å²) in [4.78, 5) is 0. The zero-order valence-corrected chi connectivity index (χ0v) is 7.36. The molecular weight excluding hydrogens is 156 g/mol. The van der Waals surface area contributed by atoms with Crippen molar-refractivity contribution in [2.75, 3.05) is 14.1 Å². The van der Waals surface area contributed by atoms with E-state index in [1.54, 1.807) is 0 Å². The van der Waals surface area contributed by atoms with Crippen LogP contribution >= 0.6 is 0 Å². The van der Waals surface area contributed by atoms with Gasteiger partial charge >= 0.3 is 0 Å². The largest absolute Gasteiger partial charge is 0.508 e. The van der Waals surface area contributed by atoms with Gasteiger partial charge in [-0.25, -0.2) is 0 Å². The fourth-order valence-corrected chi connectivity index (χ4v) is 0.453. The van der Waals surface area contributed by atoms with Crippen LogP contribution in [0.2, 0.25) is 0 Å². The number of phenols is 2. The lowest BCUT2D eigenvalue weighted by Crippen LogP contribution is -1.69. The van der Waals surface area contributed by atoms with E-state index in [0.717, 1.165) is 0 Å². The van der Waals surface area contributed by atoms with Gasteiger partial charge in [-0.2, -0.15) is 0 Å². The fraction of sp³-hybridized carbons (Fsp3) is 0.250. The number of aromatic hydroxyl groups is 2. The molecule has 0 saturated carbocycles. The summed E-state index contributed by atoms with van der Waals surface area (Å²) in [6.45, 7) is 0. The lowest BCUT2D eigenvalue weighted by Gasteiger charge is -1.88. The Kier molecular flexibility index (Phi) is 10.8. The molecular formula is C8H16N2O2. The molecule has 0 spiro atoms. The molecule has 0 fully saturated rings. The topological polar surface area (TPSA) is 92.5 Å². The van der Waals surface area contributed by atoms with E-state index in [0.29, 0.717) is 0 Å². The van der Waals surface area contributed by atoms with Gasteiger partial charge in [0, 0.05) is 0 Å². The van der Waals surface area contributed by atoms with Gasteiger partial charge in [0.25, 0.3) is 0 Å². The molecule has 1 rings (SSSR count). The van der Waals surface area contributed by atoms with Crippen LogP contribution in [0.3, 0.4) is 0 Å². The van der Waals surface area contributed by atoms with Gasteiger partial charge in [-0.1, -0.05) is 0 Å². The average molecular weight is 172 g/mol. The highest BCUT2D eigenvalue weighted by atomic mass is 16.3. The van der Waals surface area contributed by atoms with Crippen LogP contribution in [0.15, 0.2) is 24.3 Å². The molecule has 1 aromatic rings. The Hall–Kier alpha value is -1.26. The quantitative estimate of drug-likeness (QED) is 0.422. The van der Waals surface area contributed by atoms with Crippen LogP contribution in [0.4, 0.5) is 0 Å². The van der Waals surface area contributed by atoms with E-state index in [1.165, 1.54) is 38.4 Å². The van der Waals surface area contributed by atoms with Gasteiger partial charge in [0.1, 0.15) is 11.5 Å². The van der Waals surface area contributed by atoms with E-state index in [-0.39, 0.29) is 11.5 Å². The van der Waals surface area contributed by atoms with Crippen molar-refractivity contribution >= 4 is 0 Å². The predicted molar refractivity (Wildman–Crippen MR) is 50.0 cm³/mol. The van der Waals surface area contributed by atoms with E-state index in [4.69, 9.17) is 10.2 Å². The molecule has 0 radical (unpaired) electrons. The standard InChI is InChI=1S/C6H6O2.2CH5N/c7-5-1-2-6(8)4-3-5;2*1-2/h1-4,7-8H;2*2H2,1H3. The third kappa shape index (κ3) is 6.85. The maximum atomic E-state index is 8.65. The summed E-state index contributed by atoms with van der Waals surface area (Å²) in [5.74, 6) is 0.339. The second-order valence-electron chi connectivity index (χ2n) is 1.52. The summed E-state index contributed by atoms with van der Waals surface area (Å²) >= 11 is 0. The van der Waals surface area contributed by atoms with Crippen molar-refractivity contribution in [1.29, 1.82) is 0 Å². The molecule has 0 aliphatic carbocycles. The molecule has 4 heteroatoms. The summed E-state index contributed by atoms with van der Waals surface area (Å²) in [7, 11) is 3.00. The van der Waals surface area contributed by atoms with Crippen molar-refractivity contribution in [2.24, 2.45) is 11.5 Å². The van der Waals surface area contributed by atoms with Crippen LogP contribution < -0.4 is 11.5 Å². The molecule has 0 saturated heterocycles. The summed E-state index contributed by atoms with van der Waals surface area (Å²) in [6, 6.07) is 5.70. The zero-order valence-electron chi connectivity index (χ0n) is 7.36. The SMILES string of the molecule is CN.CN.Oc1ccc(O)cc1. The molecule has 1 aromatic carbocycles. The van der Waals surface area contributed by atoms with E-state index in [1.807, 2.05) is 0 Å². The first kappa shape index (κ1) is 13.3. The average Bonchev–Trinajstić information content (AvgIpc) is 2.17. The third-order valence-corrected chi connectivity index (χ3v) is 0.850. The number of hydrogen-bond acceptors (Lipinski definition) is 4. The highest BCUT2D eigenvalue weighted by molar-refractivity contribution is 5.28. The molecule has 0 aromatic heterocycles. The summed E-state index contributed by atoms with van der Waals surface area (Å²) in [5.41, 5.74) is 9.00. The van der Waals surface area contributed by atoms with Crippen LogP contribution in [-0.4, -0.2) is 24.3 Å². The highest BCUT2D eigenvalue weighted by Gasteiger charge is 1.84. The number of benzene rings is 1. The lowest BCUT2D eigenvalue weighted by atomic mass is 10.3. The molecule has 0 atom stereocenters. The molecule has 0 bridgehead atoms. The lowest BCUT2D eigenvalue weighted by molar-refractivity contribution is 0.460. The van der Waals surface area contributed by atoms with Gasteiger partial charge in [-0.15, -0.1) is 0 Å². The van der Waals surface area contributed by atoms with Gasteiger partial charge < -0.3 is 21.7 Å². The number of hydrogen-bond donors (Lipinski definition) is 4. The minimum Gasteiger partial charge on any atom is -0.508 e. The normalized spacial score (nSPS) is 7.00. The van der Waals surface area contributed by atoms with Crippen molar-refractivity contribution < 1.29 is 10.2 Å². The summed E-state index contributed by atoms with van der Waals surface area (Å²) < 4.78 is 0. The highest BCUT2D eigenvalue weighted by Crippen LogP contribution is 2.13. The fourth-order valence-electron chi connectivity index (χ4n) is 0.453. The first-order chi connectivity index (χ1) is 5.79. The van der Waals surface area contributed by atoms with Crippen molar-refractivity contribution in [3.8, 4) is 11.5 Å². The smallest absolute Gasteiger partial charge is 0.115 e. The molecule has 4 nitrogen and oxygen atoms in total. The van der Waals surface area contributed by atoms with Gasteiger partial charge in [0.15, 0.2) is 0 Å². The Morgan fingerprint density at radius 2 is 0.917 bits per heavy atom. The van der Waals surface area contributed by atoms with Crippen molar-refractivity contribution in [1.82, 2.24) is 0 Å². The van der Waals surface area contributed by atoms with Crippen molar-refractivity contribution in [3.05, 3.63) is 24.3 Å². The number of rotatable bonds is 0. The second-order valence-corrected chi connectivity index (χ2v) is 1.52. The van der Waals surface area contributed by atoms with Crippen LogP contribution in [0, 0.1) is 0 Å². The van der Waals surface area contributed by atoms with Gasteiger partial charge in [-0.3, -0.25) is 0 Å². The monoisotopic (exact) mass is 172 g/mol. The van der Waals surface area contributed by atoms with Crippen LogP contribution in [-0.2, 0) is 0 Å². The van der Waals surface area contributed by atoms with Crippen molar-refractivity contribution in [3.63, 3.8) is 0 Å². The van der Waals surface area contributed by atoms with Crippen LogP contribution in [0.5, 0.6) is 11.5 Å². The maximum Gasteiger partial charge on any atom is 0.115 e. The van der Waals surface area contributed by atoms with Gasteiger partial charge in [0.05, 0.1) is 0 Å². The molecule has 0 amide bonds. The molecule has 0 unspecified atom stereocenters. The Morgan fingerprint density at radius 3 is 1.08 bits per heavy atom. The molecule has 6 N–H and O–H groups in total. The molecule has 12 heavy (non-hydrogen) atoms. The van der Waals surface area contributed by atoms with E-state index < -0.39 is 0 Å². The van der Waals surface area contributed by atoms with Gasteiger partial charge in [0.2, 0.25) is 0 Å². The molecule has 0 aliphatic heterocycles. The summed E-state index contributed by atoms with van der Waals surface area (Å²) in [5, 5.41) is 17.3. The Bertz CT molecular complexity index is 154. The van der Waals surface area contributed by atoms with E-state index in [2.05, 4.69) is 11.5 Å². The Balaban J connectivity index is 0. The molecule has 0 aliphatic rings. The first-order valence-electron chi connectivity index (χ1n) is 3.42. The number of phenolic OH excluding ortho intramolecular Hbond substituents is 2. The summed E-state index contributed by atoms with van der Waals surface area (Å²) in [6.07, 6.45) is 0. The van der Waals surface area contributed by atoms with Crippen LogP contribution in [0.25, 0.3) is 0 Å². The minimum absolute atomic E-state index is 0.169. The minimum atomic E-state index is 0.169. The Labute approximate surface area is 72.4 Å². The first-order valence-corrected chi connectivity index (χ1v) is 3.42. The Morgan fingerprint density at radius 1 is 0.750 bits per heavy atom. The van der Waals surface area contributed by atoms with E-state index in [9.17, 15) is 0 Å². The third-order valence-electron chi connectivity index (χ3n) is 0.850.